The highest BCUT2D eigenvalue weighted by molar-refractivity contribution is 7.89. The molecule has 2 aromatic heterocycles. The number of fused-ring (bicyclic) bond motifs is 1. The number of sulfonamides is 1. The molecule has 0 saturated heterocycles. The number of aromatic amines is 1. The quantitative estimate of drug-likeness (QED) is 0.741. The second kappa shape index (κ2) is 6.13. The first-order valence-corrected chi connectivity index (χ1v) is 10.3. The third-order valence-corrected chi connectivity index (χ3v) is 7.21. The zero-order valence-electron chi connectivity index (χ0n) is 15.7. The zero-order chi connectivity index (χ0) is 19.5. The zero-order valence-corrected chi connectivity index (χ0v) is 16.5. The number of nitrogens with zero attached hydrogens (tertiary/aromatic N) is 4. The molecule has 4 rings (SSSR count). The van der Waals surface area contributed by atoms with Crippen molar-refractivity contribution in [2.75, 3.05) is 7.05 Å². The highest BCUT2D eigenvalue weighted by atomic mass is 32.2. The van der Waals surface area contributed by atoms with Crippen molar-refractivity contribution in [3.63, 3.8) is 0 Å². The lowest BCUT2D eigenvalue weighted by atomic mass is 9.82. The van der Waals surface area contributed by atoms with E-state index >= 15 is 0 Å². The minimum atomic E-state index is -3.74. The van der Waals surface area contributed by atoms with E-state index in [-0.39, 0.29) is 16.6 Å². The van der Waals surface area contributed by atoms with Crippen LogP contribution in [0.2, 0.25) is 0 Å². The molecule has 0 unspecified atom stereocenters. The second-order valence-corrected chi connectivity index (χ2v) is 9.43. The number of hydrogen-bond donors (Lipinski definition) is 1. The van der Waals surface area contributed by atoms with Crippen LogP contribution in [0.1, 0.15) is 25.3 Å². The van der Waals surface area contributed by atoms with Crippen LogP contribution in [0.4, 0.5) is 4.39 Å². The molecule has 0 spiro atoms. The Balaban J connectivity index is 1.86. The number of aromatic nitrogens is 4. The molecular weight excluding hydrogens is 369 g/mol. The van der Waals surface area contributed by atoms with Gasteiger partial charge in [-0.05, 0) is 43.4 Å². The fourth-order valence-electron chi connectivity index (χ4n) is 3.76. The van der Waals surface area contributed by atoms with Crippen LogP contribution in [0.15, 0.2) is 23.5 Å². The molecular formula is C18H22FN5O2S. The van der Waals surface area contributed by atoms with Crippen molar-refractivity contribution in [3.05, 3.63) is 29.8 Å². The average molecular weight is 391 g/mol. The number of rotatable bonds is 4. The predicted molar refractivity (Wildman–Crippen MR) is 100 cm³/mol. The molecule has 27 heavy (non-hydrogen) atoms. The molecule has 2 heterocycles. The fraction of sp³-hybridized carbons (Fsp3) is 0.444. The van der Waals surface area contributed by atoms with Gasteiger partial charge in [-0.25, -0.2) is 17.8 Å². The first-order chi connectivity index (χ1) is 12.7. The maximum atomic E-state index is 14.6. The molecule has 1 saturated carbocycles. The molecule has 0 bridgehead atoms. The van der Waals surface area contributed by atoms with Gasteiger partial charge in [0.1, 0.15) is 17.2 Å². The molecule has 1 fully saturated rings. The van der Waals surface area contributed by atoms with E-state index in [9.17, 15) is 12.8 Å². The van der Waals surface area contributed by atoms with Gasteiger partial charge in [0.15, 0.2) is 5.82 Å². The van der Waals surface area contributed by atoms with Gasteiger partial charge in [0.25, 0.3) is 10.0 Å². The highest BCUT2D eigenvalue weighted by Crippen LogP contribution is 2.36. The van der Waals surface area contributed by atoms with Crippen LogP contribution in [-0.4, -0.2) is 45.6 Å². The van der Waals surface area contributed by atoms with E-state index in [0.29, 0.717) is 28.3 Å². The first-order valence-electron chi connectivity index (χ1n) is 8.84. The number of H-pyrrole nitrogens is 1. The number of benzene rings is 1. The Bertz CT molecular complexity index is 1130. The smallest absolute Gasteiger partial charge is 0.258 e. The third kappa shape index (κ3) is 2.85. The van der Waals surface area contributed by atoms with Crippen molar-refractivity contribution in [2.24, 2.45) is 13.0 Å². The van der Waals surface area contributed by atoms with Crippen LogP contribution in [0.5, 0.6) is 0 Å². The molecule has 0 radical (unpaired) electrons. The molecule has 9 heteroatoms. The van der Waals surface area contributed by atoms with Gasteiger partial charge < -0.3 is 4.98 Å². The minimum absolute atomic E-state index is 0.0127. The van der Waals surface area contributed by atoms with Crippen molar-refractivity contribution < 1.29 is 12.8 Å². The summed E-state index contributed by atoms with van der Waals surface area (Å²) in [6, 6.07) is 2.85. The summed E-state index contributed by atoms with van der Waals surface area (Å²) in [6.45, 7) is 3.86. The summed E-state index contributed by atoms with van der Waals surface area (Å²) in [4.78, 5) is 7.02. The molecule has 1 aromatic carbocycles. The van der Waals surface area contributed by atoms with Gasteiger partial charge in [0.05, 0.1) is 5.52 Å². The van der Waals surface area contributed by atoms with E-state index in [0.717, 1.165) is 12.8 Å². The Morgan fingerprint density at radius 2 is 2.04 bits per heavy atom. The van der Waals surface area contributed by atoms with Crippen LogP contribution in [0.3, 0.4) is 0 Å². The largest absolute Gasteiger partial charge is 0.342 e. The predicted octanol–water partition coefficient (Wildman–Crippen LogP) is 2.83. The van der Waals surface area contributed by atoms with Crippen LogP contribution in [-0.2, 0) is 17.1 Å². The van der Waals surface area contributed by atoms with E-state index in [4.69, 9.17) is 0 Å². The van der Waals surface area contributed by atoms with Crippen LogP contribution in [0, 0.1) is 18.7 Å². The lowest BCUT2D eigenvalue weighted by molar-refractivity contribution is 0.178. The van der Waals surface area contributed by atoms with Gasteiger partial charge in [0, 0.05) is 31.1 Å². The Morgan fingerprint density at radius 3 is 2.63 bits per heavy atom. The molecule has 144 valence electrons. The van der Waals surface area contributed by atoms with Gasteiger partial charge in [-0.3, -0.25) is 4.68 Å². The van der Waals surface area contributed by atoms with E-state index in [1.807, 2.05) is 0 Å². The normalized spacial score (nSPS) is 20.4. The summed E-state index contributed by atoms with van der Waals surface area (Å²) in [5.41, 5.74) is 1.43. The lowest BCUT2D eigenvalue weighted by Crippen LogP contribution is -2.44. The van der Waals surface area contributed by atoms with Crippen LogP contribution >= 0.6 is 0 Å². The third-order valence-electron chi connectivity index (χ3n) is 5.38. The molecule has 1 aliphatic rings. The van der Waals surface area contributed by atoms with Crippen molar-refractivity contribution in [1.29, 1.82) is 0 Å². The molecule has 3 aromatic rings. The van der Waals surface area contributed by atoms with Crippen LogP contribution in [0.25, 0.3) is 22.3 Å². The standard InChI is InChI=1S/C18H22FN5O2S/c1-10-5-12(6-10)24(4)27(25,26)15-8-13-16(18-20-9-23(3)22-18)11(2)7-14(19)17(13)21-15/h7-10,12,21H,5-6H2,1-4H3. The maximum Gasteiger partial charge on any atom is 0.258 e. The van der Waals surface area contributed by atoms with E-state index in [1.54, 1.807) is 32.0 Å². The molecule has 0 aliphatic heterocycles. The van der Waals surface area contributed by atoms with Crippen molar-refractivity contribution in [2.45, 2.75) is 37.8 Å². The van der Waals surface area contributed by atoms with E-state index < -0.39 is 15.8 Å². The van der Waals surface area contributed by atoms with Crippen molar-refractivity contribution >= 4 is 20.9 Å². The van der Waals surface area contributed by atoms with E-state index in [1.165, 1.54) is 16.4 Å². The summed E-state index contributed by atoms with van der Waals surface area (Å²) in [5.74, 6) is 0.463. The SMILES string of the molecule is Cc1cc(F)c2[nH]c(S(=O)(=O)N(C)C3CC(C)C3)cc2c1-c1ncn(C)n1. The molecule has 7 nitrogen and oxygen atoms in total. The van der Waals surface area contributed by atoms with Gasteiger partial charge in [-0.1, -0.05) is 6.92 Å². The second-order valence-electron chi connectivity index (χ2n) is 7.47. The number of hydrogen-bond acceptors (Lipinski definition) is 4. The number of nitrogens with one attached hydrogen (secondary N) is 1. The van der Waals surface area contributed by atoms with Gasteiger partial charge in [-0.15, -0.1) is 0 Å². The minimum Gasteiger partial charge on any atom is -0.342 e. The van der Waals surface area contributed by atoms with E-state index in [2.05, 4.69) is 22.0 Å². The Hall–Kier alpha value is -2.26. The van der Waals surface area contributed by atoms with Crippen molar-refractivity contribution in [1.82, 2.24) is 24.1 Å². The molecule has 1 N–H and O–H groups in total. The Labute approximate surface area is 157 Å². The lowest BCUT2D eigenvalue weighted by Gasteiger charge is -2.38. The van der Waals surface area contributed by atoms with Gasteiger partial charge in [0.2, 0.25) is 0 Å². The van der Waals surface area contributed by atoms with Crippen molar-refractivity contribution in [3.8, 4) is 11.4 Å². The molecule has 1 aliphatic carbocycles. The summed E-state index contributed by atoms with van der Waals surface area (Å²) in [7, 11) is -0.415. The van der Waals surface area contributed by atoms with Gasteiger partial charge >= 0.3 is 0 Å². The number of halogens is 1. The summed E-state index contributed by atoms with van der Waals surface area (Å²) in [5, 5.41) is 4.75. The first kappa shape index (κ1) is 18.1. The average Bonchev–Trinajstić information content (AvgIpc) is 3.19. The molecule has 0 amide bonds. The summed E-state index contributed by atoms with van der Waals surface area (Å²) >= 11 is 0. The Morgan fingerprint density at radius 1 is 1.33 bits per heavy atom. The highest BCUT2D eigenvalue weighted by Gasteiger charge is 2.36. The topological polar surface area (TPSA) is 83.9 Å². The monoisotopic (exact) mass is 391 g/mol. The fourth-order valence-corrected chi connectivity index (χ4v) is 5.13. The van der Waals surface area contributed by atoms with Crippen LogP contribution < -0.4 is 0 Å². The molecule has 0 atom stereocenters. The summed E-state index contributed by atoms with van der Waals surface area (Å²) in [6.07, 6.45) is 3.23. The van der Waals surface area contributed by atoms with Gasteiger partial charge in [-0.2, -0.15) is 9.40 Å². The Kier molecular flexibility index (Phi) is 4.12. The maximum absolute atomic E-state index is 14.6. The summed E-state index contributed by atoms with van der Waals surface area (Å²) < 4.78 is 43.6. The number of aryl methyl sites for hydroxylation is 2.